The zero-order valence-corrected chi connectivity index (χ0v) is 13.6. The number of amides is 1. The van der Waals surface area contributed by atoms with Gasteiger partial charge in [0.2, 0.25) is 5.91 Å². The van der Waals surface area contributed by atoms with Crippen LogP contribution in [0.25, 0.3) is 9.88 Å². The Morgan fingerprint density at radius 2 is 2.00 bits per heavy atom. The lowest BCUT2D eigenvalue weighted by Crippen LogP contribution is -2.33. The Morgan fingerprint density at radius 3 is 2.60 bits per heavy atom. The molecule has 0 radical (unpaired) electrons. The van der Waals surface area contributed by atoms with Crippen LogP contribution in [-0.2, 0) is 11.2 Å². The molecule has 2 heterocycles. The van der Waals surface area contributed by atoms with Gasteiger partial charge in [-0.15, -0.1) is 22.7 Å². The fraction of sp³-hybridized carbons (Fsp3) is 0.467. The minimum Gasteiger partial charge on any atom is -0.342 e. The number of aromatic nitrogens is 1. The maximum Gasteiger partial charge on any atom is 0.228 e. The molecule has 1 amide bonds. The predicted octanol–water partition coefficient (Wildman–Crippen LogP) is 4.06. The largest absolute Gasteiger partial charge is 0.342 e. The van der Waals surface area contributed by atoms with E-state index >= 15 is 0 Å². The molecule has 0 bridgehead atoms. The summed E-state index contributed by atoms with van der Waals surface area (Å²) in [5, 5.41) is 5.06. The van der Waals surface area contributed by atoms with Crippen molar-refractivity contribution in [2.45, 2.75) is 33.1 Å². The SMILES string of the molecule is CCCN(CCC)C(=O)Cc1csc(-c2cccs2)n1. The van der Waals surface area contributed by atoms with Crippen LogP contribution in [0.1, 0.15) is 32.4 Å². The fourth-order valence-electron chi connectivity index (χ4n) is 2.07. The lowest BCUT2D eigenvalue weighted by molar-refractivity contribution is -0.130. The molecule has 0 fully saturated rings. The molecule has 0 aromatic carbocycles. The van der Waals surface area contributed by atoms with Gasteiger partial charge in [0.25, 0.3) is 0 Å². The Hall–Kier alpha value is -1.20. The third-order valence-electron chi connectivity index (χ3n) is 2.96. The molecule has 0 saturated carbocycles. The van der Waals surface area contributed by atoms with Crippen LogP contribution >= 0.6 is 22.7 Å². The average molecular weight is 308 g/mol. The summed E-state index contributed by atoms with van der Waals surface area (Å²) >= 11 is 3.30. The number of nitrogens with zero attached hydrogens (tertiary/aromatic N) is 2. The van der Waals surface area contributed by atoms with E-state index < -0.39 is 0 Å². The second-order valence-corrected chi connectivity index (χ2v) is 6.48. The number of hydrogen-bond acceptors (Lipinski definition) is 4. The van der Waals surface area contributed by atoms with E-state index in [0.717, 1.165) is 36.6 Å². The first kappa shape index (κ1) is 15.2. The summed E-state index contributed by atoms with van der Waals surface area (Å²) in [4.78, 5) is 20.0. The van der Waals surface area contributed by atoms with Gasteiger partial charge in [-0.2, -0.15) is 0 Å². The zero-order chi connectivity index (χ0) is 14.4. The van der Waals surface area contributed by atoms with E-state index in [2.05, 4.69) is 24.9 Å². The van der Waals surface area contributed by atoms with E-state index in [-0.39, 0.29) is 5.91 Å². The Balaban J connectivity index is 2.00. The summed E-state index contributed by atoms with van der Waals surface area (Å²) in [5.74, 6) is 0.191. The normalized spacial score (nSPS) is 10.7. The molecule has 0 spiro atoms. The summed E-state index contributed by atoms with van der Waals surface area (Å²) in [6, 6.07) is 4.09. The molecule has 0 saturated heterocycles. The molecule has 0 unspecified atom stereocenters. The predicted molar refractivity (Wildman–Crippen MR) is 86.3 cm³/mol. The maximum atomic E-state index is 12.3. The van der Waals surface area contributed by atoms with Gasteiger partial charge in [-0.05, 0) is 24.3 Å². The molecule has 2 aromatic heterocycles. The summed E-state index contributed by atoms with van der Waals surface area (Å²) in [5.41, 5.74) is 0.889. The number of thiophene rings is 1. The Kier molecular flexibility index (Phi) is 5.73. The van der Waals surface area contributed by atoms with E-state index in [1.807, 2.05) is 21.7 Å². The van der Waals surface area contributed by atoms with Gasteiger partial charge in [0.15, 0.2) is 0 Å². The zero-order valence-electron chi connectivity index (χ0n) is 12.0. The van der Waals surface area contributed by atoms with Crippen LogP contribution in [-0.4, -0.2) is 28.9 Å². The number of rotatable bonds is 7. The van der Waals surface area contributed by atoms with Crippen molar-refractivity contribution < 1.29 is 4.79 Å². The highest BCUT2D eigenvalue weighted by molar-refractivity contribution is 7.20. The summed E-state index contributed by atoms with van der Waals surface area (Å²) < 4.78 is 0. The first-order valence-electron chi connectivity index (χ1n) is 7.00. The van der Waals surface area contributed by atoms with E-state index in [0.29, 0.717) is 6.42 Å². The molecule has 0 N–H and O–H groups in total. The van der Waals surface area contributed by atoms with Crippen LogP contribution in [0.5, 0.6) is 0 Å². The fourth-order valence-corrected chi connectivity index (χ4v) is 3.70. The molecule has 2 aromatic rings. The van der Waals surface area contributed by atoms with Crippen LogP contribution < -0.4 is 0 Å². The standard InChI is InChI=1S/C15H20N2OS2/c1-3-7-17(8-4-2)14(18)10-12-11-20-15(16-12)13-6-5-9-19-13/h5-6,9,11H,3-4,7-8,10H2,1-2H3. The van der Waals surface area contributed by atoms with Crippen molar-refractivity contribution >= 4 is 28.6 Å². The van der Waals surface area contributed by atoms with E-state index in [9.17, 15) is 4.79 Å². The van der Waals surface area contributed by atoms with Crippen LogP contribution in [0.2, 0.25) is 0 Å². The van der Waals surface area contributed by atoms with E-state index in [4.69, 9.17) is 0 Å². The average Bonchev–Trinajstić information content (AvgIpc) is 3.08. The Morgan fingerprint density at radius 1 is 1.25 bits per heavy atom. The van der Waals surface area contributed by atoms with Gasteiger partial charge >= 0.3 is 0 Å². The smallest absolute Gasteiger partial charge is 0.228 e. The van der Waals surface area contributed by atoms with Gasteiger partial charge in [-0.1, -0.05) is 19.9 Å². The number of thiazole rings is 1. The molecule has 108 valence electrons. The quantitative estimate of drug-likeness (QED) is 0.772. The van der Waals surface area contributed by atoms with E-state index in [1.165, 1.54) is 4.88 Å². The Bertz CT molecular complexity index is 528. The van der Waals surface area contributed by atoms with Crippen molar-refractivity contribution in [3.05, 3.63) is 28.6 Å². The number of hydrogen-bond donors (Lipinski definition) is 0. The van der Waals surface area contributed by atoms with Crippen LogP contribution in [0.3, 0.4) is 0 Å². The highest BCUT2D eigenvalue weighted by Crippen LogP contribution is 2.27. The second-order valence-electron chi connectivity index (χ2n) is 4.68. The first-order valence-corrected chi connectivity index (χ1v) is 8.76. The van der Waals surface area contributed by atoms with Gasteiger partial charge in [0.1, 0.15) is 5.01 Å². The molecule has 0 aliphatic rings. The van der Waals surface area contributed by atoms with Crippen molar-refractivity contribution in [3.8, 4) is 9.88 Å². The van der Waals surface area contributed by atoms with E-state index in [1.54, 1.807) is 22.7 Å². The molecule has 3 nitrogen and oxygen atoms in total. The molecule has 0 aliphatic carbocycles. The monoisotopic (exact) mass is 308 g/mol. The van der Waals surface area contributed by atoms with Crippen LogP contribution in [0.15, 0.2) is 22.9 Å². The van der Waals surface area contributed by atoms with Crippen molar-refractivity contribution in [2.75, 3.05) is 13.1 Å². The first-order chi connectivity index (χ1) is 9.74. The van der Waals surface area contributed by atoms with Gasteiger partial charge < -0.3 is 4.90 Å². The third-order valence-corrected chi connectivity index (χ3v) is 4.89. The highest BCUT2D eigenvalue weighted by atomic mass is 32.1. The number of carbonyl (C=O) groups is 1. The molecule has 5 heteroatoms. The molecule has 2 rings (SSSR count). The summed E-state index contributed by atoms with van der Waals surface area (Å²) in [7, 11) is 0. The molecular formula is C15H20N2OS2. The van der Waals surface area contributed by atoms with Gasteiger partial charge in [0.05, 0.1) is 17.0 Å². The molecule has 20 heavy (non-hydrogen) atoms. The maximum absolute atomic E-state index is 12.3. The molecule has 0 atom stereocenters. The van der Waals surface area contributed by atoms with Gasteiger partial charge in [-0.3, -0.25) is 4.79 Å². The molecule has 0 aliphatic heterocycles. The minimum atomic E-state index is 0.191. The van der Waals surface area contributed by atoms with Crippen LogP contribution in [0, 0.1) is 0 Å². The summed E-state index contributed by atoms with van der Waals surface area (Å²) in [6.45, 7) is 5.89. The van der Waals surface area contributed by atoms with Crippen molar-refractivity contribution in [1.82, 2.24) is 9.88 Å². The van der Waals surface area contributed by atoms with Gasteiger partial charge in [0, 0.05) is 18.5 Å². The minimum absolute atomic E-state index is 0.191. The Labute approximate surface area is 128 Å². The van der Waals surface area contributed by atoms with Crippen molar-refractivity contribution in [3.63, 3.8) is 0 Å². The highest BCUT2D eigenvalue weighted by Gasteiger charge is 2.14. The summed E-state index contributed by atoms with van der Waals surface area (Å²) in [6.07, 6.45) is 2.42. The lowest BCUT2D eigenvalue weighted by atomic mass is 10.2. The lowest BCUT2D eigenvalue weighted by Gasteiger charge is -2.20. The number of carbonyl (C=O) groups excluding carboxylic acids is 1. The third kappa shape index (κ3) is 3.90. The van der Waals surface area contributed by atoms with Crippen LogP contribution in [0.4, 0.5) is 0 Å². The van der Waals surface area contributed by atoms with Crippen molar-refractivity contribution in [2.24, 2.45) is 0 Å². The van der Waals surface area contributed by atoms with Gasteiger partial charge in [-0.25, -0.2) is 4.98 Å². The topological polar surface area (TPSA) is 33.2 Å². The second kappa shape index (κ2) is 7.55. The molecular weight excluding hydrogens is 288 g/mol. The van der Waals surface area contributed by atoms with Crippen molar-refractivity contribution in [1.29, 1.82) is 0 Å².